The molecular formula is C31H38N8O3S. The Labute approximate surface area is 255 Å². The zero-order valence-corrected chi connectivity index (χ0v) is 25.3. The molecule has 1 aliphatic rings. The first kappa shape index (κ1) is 31.2. The number of aromatic nitrogens is 2. The lowest BCUT2D eigenvalue weighted by atomic mass is 10.1. The highest BCUT2D eigenvalue weighted by atomic mass is 32.1. The van der Waals surface area contributed by atoms with Crippen LogP contribution in [0.25, 0.3) is 0 Å². The topological polar surface area (TPSA) is 140 Å². The Morgan fingerprint density at radius 1 is 0.837 bits per heavy atom. The third kappa shape index (κ3) is 10.6. The van der Waals surface area contributed by atoms with Gasteiger partial charge in [0.05, 0.1) is 12.8 Å². The first-order valence-electron chi connectivity index (χ1n) is 14.3. The van der Waals surface area contributed by atoms with Crippen molar-refractivity contribution in [2.45, 2.75) is 52.0 Å². The average molecular weight is 603 g/mol. The van der Waals surface area contributed by atoms with Gasteiger partial charge in [0.1, 0.15) is 10.8 Å². The number of carbonyl (C=O) groups is 3. The second-order valence-electron chi connectivity index (χ2n) is 10.1. The molecule has 0 bridgehead atoms. The summed E-state index contributed by atoms with van der Waals surface area (Å²) >= 11 is 1.39. The SMILES string of the molecule is CCNC(=O)NCc1cccc(CC(=O)Nc2nnc(CCCCC3=CC=C(NC(=O)Cc4ccccc4)NN3C)s2)c1. The fourth-order valence-electron chi connectivity index (χ4n) is 4.47. The van der Waals surface area contributed by atoms with E-state index in [1.807, 2.05) is 85.7 Å². The summed E-state index contributed by atoms with van der Waals surface area (Å²) in [4.78, 5) is 36.6. The number of benzene rings is 2. The van der Waals surface area contributed by atoms with Crippen molar-refractivity contribution in [1.29, 1.82) is 0 Å². The van der Waals surface area contributed by atoms with E-state index in [0.29, 0.717) is 30.5 Å². The molecule has 0 saturated carbocycles. The van der Waals surface area contributed by atoms with Gasteiger partial charge in [0.2, 0.25) is 16.9 Å². The number of carbonyl (C=O) groups excluding carboxylic acids is 3. The largest absolute Gasteiger partial charge is 0.338 e. The number of anilines is 1. The minimum atomic E-state index is -0.221. The molecule has 1 aromatic heterocycles. The highest BCUT2D eigenvalue weighted by Gasteiger charge is 2.14. The van der Waals surface area contributed by atoms with Crippen LogP contribution < -0.4 is 26.7 Å². The summed E-state index contributed by atoms with van der Waals surface area (Å²) in [6, 6.07) is 17.0. The van der Waals surface area contributed by atoms with Crippen molar-refractivity contribution in [1.82, 2.24) is 36.6 Å². The molecule has 0 radical (unpaired) electrons. The van der Waals surface area contributed by atoms with Gasteiger partial charge in [-0.3, -0.25) is 20.0 Å². The van der Waals surface area contributed by atoms with E-state index in [1.165, 1.54) is 11.3 Å². The van der Waals surface area contributed by atoms with Gasteiger partial charge < -0.3 is 21.3 Å². The molecule has 5 N–H and O–H groups in total. The third-order valence-electron chi connectivity index (χ3n) is 6.58. The maximum Gasteiger partial charge on any atom is 0.315 e. The molecule has 0 fully saturated rings. The van der Waals surface area contributed by atoms with Gasteiger partial charge >= 0.3 is 6.03 Å². The van der Waals surface area contributed by atoms with E-state index in [2.05, 4.69) is 36.9 Å². The second-order valence-corrected chi connectivity index (χ2v) is 11.1. The van der Waals surface area contributed by atoms with Crippen LogP contribution >= 0.6 is 11.3 Å². The van der Waals surface area contributed by atoms with Gasteiger partial charge in [-0.2, -0.15) is 0 Å². The van der Waals surface area contributed by atoms with E-state index >= 15 is 0 Å². The van der Waals surface area contributed by atoms with Crippen molar-refractivity contribution in [2.24, 2.45) is 0 Å². The summed E-state index contributed by atoms with van der Waals surface area (Å²) in [5, 5.41) is 22.9. The lowest BCUT2D eigenvalue weighted by Crippen LogP contribution is -2.42. The molecule has 0 aliphatic carbocycles. The summed E-state index contributed by atoms with van der Waals surface area (Å²) in [5.41, 5.74) is 7.07. The molecule has 0 spiro atoms. The van der Waals surface area contributed by atoms with E-state index in [1.54, 1.807) is 0 Å². The van der Waals surface area contributed by atoms with Crippen LogP contribution in [-0.4, -0.2) is 46.6 Å². The van der Waals surface area contributed by atoms with Crippen LogP contribution in [0.15, 0.2) is 78.3 Å². The molecule has 4 rings (SSSR count). The number of allylic oxidation sites excluding steroid dienone is 3. The summed E-state index contributed by atoms with van der Waals surface area (Å²) in [7, 11) is 1.93. The lowest BCUT2D eigenvalue weighted by Gasteiger charge is -2.29. The molecule has 3 aromatic rings. The van der Waals surface area contributed by atoms with Crippen molar-refractivity contribution in [3.63, 3.8) is 0 Å². The van der Waals surface area contributed by atoms with E-state index in [9.17, 15) is 14.4 Å². The van der Waals surface area contributed by atoms with Crippen molar-refractivity contribution in [3.05, 3.63) is 100.0 Å². The molecule has 0 unspecified atom stereocenters. The number of hydrogen-bond donors (Lipinski definition) is 5. The van der Waals surface area contributed by atoms with Crippen LogP contribution in [0.2, 0.25) is 0 Å². The van der Waals surface area contributed by atoms with Crippen molar-refractivity contribution in [2.75, 3.05) is 18.9 Å². The number of rotatable bonds is 14. The lowest BCUT2D eigenvalue weighted by molar-refractivity contribution is -0.120. The predicted octanol–water partition coefficient (Wildman–Crippen LogP) is 3.79. The standard InChI is InChI=1S/C31H38N8O3S/c1-3-32-30(42)33-21-24-13-9-12-23(18-24)20-28(41)35-31-37-36-29(43-31)15-8-7-14-25-16-17-26(38-39(25)2)34-27(40)19-22-10-5-4-6-11-22/h4-6,9-13,16-18,38H,3,7-8,14-15,19-21H2,1-2H3,(H,34,40)(H2,32,33,42)(H,35,37,41). The molecule has 12 heteroatoms. The number of nitrogens with zero attached hydrogens (tertiary/aromatic N) is 3. The summed E-state index contributed by atoms with van der Waals surface area (Å²) in [6.07, 6.45) is 7.95. The maximum absolute atomic E-state index is 12.6. The van der Waals surface area contributed by atoms with E-state index < -0.39 is 0 Å². The molecule has 0 saturated heterocycles. The van der Waals surface area contributed by atoms with Crippen LogP contribution in [0, 0.1) is 0 Å². The number of hydrazine groups is 1. The fourth-order valence-corrected chi connectivity index (χ4v) is 5.27. The molecule has 0 atom stereocenters. The maximum atomic E-state index is 12.6. The van der Waals surface area contributed by atoms with Gasteiger partial charge in [-0.05, 0) is 55.0 Å². The van der Waals surface area contributed by atoms with E-state index in [4.69, 9.17) is 0 Å². The Kier molecular flexibility index (Phi) is 11.7. The Hall–Kier alpha value is -4.71. The molecular weight excluding hydrogens is 564 g/mol. The quantitative estimate of drug-likeness (QED) is 0.177. The van der Waals surface area contributed by atoms with Crippen LogP contribution in [0.4, 0.5) is 9.93 Å². The molecule has 2 aromatic carbocycles. The second kappa shape index (κ2) is 16.1. The van der Waals surface area contributed by atoms with Gasteiger partial charge in [-0.15, -0.1) is 10.2 Å². The molecule has 2 heterocycles. The van der Waals surface area contributed by atoms with Gasteiger partial charge in [0, 0.05) is 32.3 Å². The highest BCUT2D eigenvalue weighted by molar-refractivity contribution is 7.15. The Morgan fingerprint density at radius 3 is 2.35 bits per heavy atom. The molecule has 4 amide bonds. The number of hydrogen-bond acceptors (Lipinski definition) is 8. The molecule has 226 valence electrons. The molecule has 11 nitrogen and oxygen atoms in total. The van der Waals surface area contributed by atoms with Gasteiger partial charge in [0.25, 0.3) is 0 Å². The van der Waals surface area contributed by atoms with Crippen LogP contribution in [0.5, 0.6) is 0 Å². The minimum absolute atomic E-state index is 0.0700. The molecule has 43 heavy (non-hydrogen) atoms. The Bertz CT molecular complexity index is 1450. The first-order chi connectivity index (χ1) is 20.9. The molecule has 1 aliphatic heterocycles. The van der Waals surface area contributed by atoms with Gasteiger partial charge in [0.15, 0.2) is 0 Å². The first-order valence-corrected chi connectivity index (χ1v) is 15.2. The Balaban J connectivity index is 1.16. The summed E-state index contributed by atoms with van der Waals surface area (Å²) in [6.45, 7) is 2.81. The van der Waals surface area contributed by atoms with Crippen LogP contribution in [0.1, 0.15) is 47.9 Å². The number of urea groups is 1. The monoisotopic (exact) mass is 602 g/mol. The highest BCUT2D eigenvalue weighted by Crippen LogP contribution is 2.20. The zero-order chi connectivity index (χ0) is 30.4. The zero-order valence-electron chi connectivity index (χ0n) is 24.5. The van der Waals surface area contributed by atoms with E-state index in [-0.39, 0.29) is 24.3 Å². The smallest absolute Gasteiger partial charge is 0.315 e. The van der Waals surface area contributed by atoms with Gasteiger partial charge in [-0.1, -0.05) is 65.9 Å². The number of aryl methyl sites for hydroxylation is 1. The van der Waals surface area contributed by atoms with Gasteiger partial charge in [-0.25, -0.2) is 4.79 Å². The number of unbranched alkanes of at least 4 members (excludes halogenated alkanes) is 1. The summed E-state index contributed by atoms with van der Waals surface area (Å²) < 4.78 is 0. The van der Waals surface area contributed by atoms with Crippen molar-refractivity contribution >= 4 is 34.3 Å². The number of nitrogens with one attached hydrogen (secondary N) is 5. The minimum Gasteiger partial charge on any atom is -0.338 e. The third-order valence-corrected chi connectivity index (χ3v) is 7.47. The predicted molar refractivity (Wildman–Crippen MR) is 168 cm³/mol. The average Bonchev–Trinajstić information content (AvgIpc) is 3.42. The van der Waals surface area contributed by atoms with E-state index in [0.717, 1.165) is 53.1 Å². The Morgan fingerprint density at radius 2 is 1.56 bits per heavy atom. The van der Waals surface area contributed by atoms with Crippen LogP contribution in [-0.2, 0) is 35.4 Å². The normalized spacial score (nSPS) is 12.5. The van der Waals surface area contributed by atoms with Crippen molar-refractivity contribution < 1.29 is 14.4 Å². The summed E-state index contributed by atoms with van der Waals surface area (Å²) in [5.74, 6) is 0.413. The number of amides is 4. The van der Waals surface area contributed by atoms with Crippen molar-refractivity contribution in [3.8, 4) is 0 Å². The fraction of sp³-hybridized carbons (Fsp3) is 0.323. The van der Waals surface area contributed by atoms with Crippen LogP contribution in [0.3, 0.4) is 0 Å².